The predicted octanol–water partition coefficient (Wildman–Crippen LogP) is 3.73. The molecule has 0 unspecified atom stereocenters. The average Bonchev–Trinajstić information content (AvgIpc) is 2.64. The van der Waals surface area contributed by atoms with Crippen molar-refractivity contribution in [2.24, 2.45) is 0 Å². The van der Waals surface area contributed by atoms with Gasteiger partial charge in [0.2, 0.25) is 11.6 Å². The summed E-state index contributed by atoms with van der Waals surface area (Å²) in [4.78, 5) is 4.67. The van der Waals surface area contributed by atoms with Crippen LogP contribution >= 0.6 is 0 Å². The van der Waals surface area contributed by atoms with E-state index in [0.29, 0.717) is 25.9 Å². The van der Waals surface area contributed by atoms with Gasteiger partial charge < -0.3 is 15.0 Å². The Kier molecular flexibility index (Phi) is 4.96. The van der Waals surface area contributed by atoms with Crippen molar-refractivity contribution in [1.82, 2.24) is 4.98 Å². The van der Waals surface area contributed by atoms with Crippen molar-refractivity contribution >= 4 is 11.4 Å². The number of aromatic nitrogens is 1. The molecule has 1 saturated heterocycles. The van der Waals surface area contributed by atoms with E-state index in [1.165, 1.54) is 0 Å². The third kappa shape index (κ3) is 3.62. The highest BCUT2D eigenvalue weighted by atomic mass is 19.2. The minimum absolute atomic E-state index is 0.292. The predicted molar refractivity (Wildman–Crippen MR) is 85.9 cm³/mol. The number of rotatable bonds is 4. The van der Waals surface area contributed by atoms with Crippen molar-refractivity contribution in [3.63, 3.8) is 0 Å². The number of hydrogen-bond acceptors (Lipinski definition) is 4. The van der Waals surface area contributed by atoms with Crippen LogP contribution in [0.15, 0.2) is 24.3 Å². The molecule has 0 bridgehead atoms. The first kappa shape index (κ1) is 17.3. The molecule has 0 aliphatic carbocycles. The van der Waals surface area contributed by atoms with Gasteiger partial charge in [-0.3, -0.25) is 0 Å². The molecule has 0 radical (unpaired) electrons. The Hall–Kier alpha value is -2.51. The van der Waals surface area contributed by atoms with Gasteiger partial charge in [-0.05, 0) is 37.1 Å². The Balaban J connectivity index is 1.65. The van der Waals surface area contributed by atoms with Gasteiger partial charge in [-0.1, -0.05) is 0 Å². The second-order valence-electron chi connectivity index (χ2n) is 5.80. The van der Waals surface area contributed by atoms with Crippen LogP contribution < -0.4 is 15.0 Å². The molecule has 1 fully saturated rings. The van der Waals surface area contributed by atoms with Crippen molar-refractivity contribution < 1.29 is 22.3 Å². The minimum atomic E-state index is -1.66. The van der Waals surface area contributed by atoms with Gasteiger partial charge in [0.05, 0.1) is 7.11 Å². The number of pyridine rings is 1. The topological polar surface area (TPSA) is 37.4 Å². The fourth-order valence-corrected chi connectivity index (χ4v) is 2.89. The third-order valence-corrected chi connectivity index (χ3v) is 4.28. The van der Waals surface area contributed by atoms with Crippen molar-refractivity contribution in [3.8, 4) is 5.75 Å². The highest BCUT2D eigenvalue weighted by Crippen LogP contribution is 2.27. The highest BCUT2D eigenvalue weighted by molar-refractivity contribution is 5.50. The van der Waals surface area contributed by atoms with Gasteiger partial charge in [0.1, 0.15) is 11.4 Å². The molecule has 0 spiro atoms. The van der Waals surface area contributed by atoms with Crippen LogP contribution in [0.1, 0.15) is 12.8 Å². The van der Waals surface area contributed by atoms with E-state index < -0.39 is 29.2 Å². The number of hydrogen-bond donors (Lipinski definition) is 1. The number of benzene rings is 1. The summed E-state index contributed by atoms with van der Waals surface area (Å²) >= 11 is 0. The van der Waals surface area contributed by atoms with Crippen LogP contribution in [0, 0.1) is 23.5 Å². The molecule has 1 N–H and O–H groups in total. The summed E-state index contributed by atoms with van der Waals surface area (Å²) < 4.78 is 58.8. The van der Waals surface area contributed by atoms with Crippen LogP contribution in [0.2, 0.25) is 0 Å². The van der Waals surface area contributed by atoms with Gasteiger partial charge >= 0.3 is 0 Å². The first-order chi connectivity index (χ1) is 12.0. The average molecular weight is 355 g/mol. The molecule has 2 aromatic rings. The summed E-state index contributed by atoms with van der Waals surface area (Å²) in [5.74, 6) is -5.56. The van der Waals surface area contributed by atoms with Crippen molar-refractivity contribution in [3.05, 3.63) is 47.8 Å². The monoisotopic (exact) mass is 355 g/mol. The van der Waals surface area contributed by atoms with E-state index in [1.54, 1.807) is 7.11 Å². The van der Waals surface area contributed by atoms with Gasteiger partial charge in [-0.15, -0.1) is 0 Å². The molecule has 2 heterocycles. The maximum atomic E-state index is 13.7. The van der Waals surface area contributed by atoms with Crippen molar-refractivity contribution in [2.45, 2.75) is 18.9 Å². The summed E-state index contributed by atoms with van der Waals surface area (Å²) in [6.45, 7) is 1.28. The normalized spacial score (nSPS) is 15.3. The SMILES string of the molecule is COc1ccc(N2CCC(Nc3c(F)c(F)nc(F)c3F)CC2)cc1. The van der Waals surface area contributed by atoms with Crippen LogP contribution in [0.3, 0.4) is 0 Å². The maximum Gasteiger partial charge on any atom is 0.253 e. The number of ether oxygens (including phenoxy) is 1. The lowest BCUT2D eigenvalue weighted by atomic mass is 10.0. The molecule has 0 amide bonds. The number of anilines is 2. The molecular weight excluding hydrogens is 338 g/mol. The third-order valence-electron chi connectivity index (χ3n) is 4.28. The van der Waals surface area contributed by atoms with Crippen molar-refractivity contribution in [1.29, 1.82) is 0 Å². The molecule has 8 heteroatoms. The van der Waals surface area contributed by atoms with E-state index >= 15 is 0 Å². The first-order valence-electron chi connectivity index (χ1n) is 7.85. The summed E-state index contributed by atoms with van der Waals surface area (Å²) in [7, 11) is 1.59. The molecule has 1 aliphatic rings. The largest absolute Gasteiger partial charge is 0.497 e. The highest BCUT2D eigenvalue weighted by Gasteiger charge is 2.25. The Morgan fingerprint density at radius 1 is 1.00 bits per heavy atom. The second-order valence-corrected chi connectivity index (χ2v) is 5.80. The van der Waals surface area contributed by atoms with E-state index in [9.17, 15) is 17.6 Å². The van der Waals surface area contributed by atoms with E-state index in [4.69, 9.17) is 4.74 Å². The summed E-state index contributed by atoms with van der Waals surface area (Å²) in [6.07, 6.45) is 1.13. The molecule has 25 heavy (non-hydrogen) atoms. The Labute approximate surface area is 142 Å². The number of piperidine rings is 1. The molecule has 1 aromatic carbocycles. The molecular formula is C17H17F4N3O. The zero-order chi connectivity index (χ0) is 18.0. The number of nitrogens with one attached hydrogen (secondary N) is 1. The van der Waals surface area contributed by atoms with E-state index in [-0.39, 0.29) is 6.04 Å². The van der Waals surface area contributed by atoms with Gasteiger partial charge in [0, 0.05) is 24.8 Å². The van der Waals surface area contributed by atoms with Crippen LogP contribution in [-0.4, -0.2) is 31.2 Å². The molecule has 0 atom stereocenters. The summed E-state index contributed by atoms with van der Waals surface area (Å²) in [5, 5.41) is 2.57. The molecule has 1 aliphatic heterocycles. The number of nitrogens with zero attached hydrogens (tertiary/aromatic N) is 2. The van der Waals surface area contributed by atoms with Gasteiger partial charge in [-0.25, -0.2) is 0 Å². The zero-order valence-corrected chi connectivity index (χ0v) is 13.5. The second kappa shape index (κ2) is 7.16. The number of halogens is 4. The quantitative estimate of drug-likeness (QED) is 0.670. The van der Waals surface area contributed by atoms with Crippen LogP contribution in [-0.2, 0) is 0 Å². The Bertz CT molecular complexity index is 720. The lowest BCUT2D eigenvalue weighted by molar-refractivity contribution is 0.407. The maximum absolute atomic E-state index is 13.7. The van der Waals surface area contributed by atoms with E-state index in [2.05, 4.69) is 15.2 Å². The van der Waals surface area contributed by atoms with Gasteiger partial charge in [-0.2, -0.15) is 22.5 Å². The lowest BCUT2D eigenvalue weighted by Gasteiger charge is -2.34. The number of methoxy groups -OCH3 is 1. The Morgan fingerprint density at radius 2 is 1.56 bits per heavy atom. The molecule has 1 aromatic heterocycles. The fraction of sp³-hybridized carbons (Fsp3) is 0.353. The van der Waals surface area contributed by atoms with E-state index in [0.717, 1.165) is 11.4 Å². The standard InChI is InChI=1S/C17H17F4N3O/c1-25-12-4-2-11(3-5-12)24-8-6-10(7-9-24)22-15-13(18)16(20)23-17(21)14(15)19/h2-5,10H,6-9H2,1H3,(H,22,23). The molecule has 134 valence electrons. The molecule has 4 nitrogen and oxygen atoms in total. The van der Waals surface area contributed by atoms with Crippen molar-refractivity contribution in [2.75, 3.05) is 30.4 Å². The molecule has 0 saturated carbocycles. The zero-order valence-electron chi connectivity index (χ0n) is 13.5. The van der Waals surface area contributed by atoms with Gasteiger partial charge in [0.15, 0.2) is 0 Å². The van der Waals surface area contributed by atoms with Crippen LogP contribution in [0.5, 0.6) is 5.75 Å². The van der Waals surface area contributed by atoms with Crippen LogP contribution in [0.4, 0.5) is 28.9 Å². The van der Waals surface area contributed by atoms with Crippen LogP contribution in [0.25, 0.3) is 0 Å². The van der Waals surface area contributed by atoms with Gasteiger partial charge in [0.25, 0.3) is 11.9 Å². The lowest BCUT2D eigenvalue weighted by Crippen LogP contribution is -2.39. The summed E-state index contributed by atoms with van der Waals surface area (Å²) in [6, 6.07) is 7.28. The Morgan fingerprint density at radius 3 is 2.08 bits per heavy atom. The first-order valence-corrected chi connectivity index (χ1v) is 7.85. The fourth-order valence-electron chi connectivity index (χ4n) is 2.89. The summed E-state index contributed by atoms with van der Waals surface area (Å²) in [5.41, 5.74) is 0.213. The molecule has 3 rings (SSSR count). The smallest absolute Gasteiger partial charge is 0.253 e. The minimum Gasteiger partial charge on any atom is -0.497 e. The van der Waals surface area contributed by atoms with E-state index in [1.807, 2.05) is 24.3 Å².